The van der Waals surface area contributed by atoms with Gasteiger partial charge in [-0.25, -0.2) is 0 Å². The van der Waals surface area contributed by atoms with Gasteiger partial charge in [-0.1, -0.05) is 25.1 Å². The second kappa shape index (κ2) is 4.86. The van der Waals surface area contributed by atoms with Gasteiger partial charge in [0.05, 0.1) is 12.3 Å². The summed E-state index contributed by atoms with van der Waals surface area (Å²) in [5.41, 5.74) is 8.55. The van der Waals surface area contributed by atoms with E-state index in [0.717, 1.165) is 34.1 Å². The monoisotopic (exact) mass is 252 g/mol. The summed E-state index contributed by atoms with van der Waals surface area (Å²) in [6, 6.07) is 9.94. The van der Waals surface area contributed by atoms with Gasteiger partial charge in [0.2, 0.25) is 0 Å². The molecule has 3 heteroatoms. The quantitative estimate of drug-likeness (QED) is 0.776. The molecule has 3 rings (SSSR count). The van der Waals surface area contributed by atoms with Gasteiger partial charge in [-0.15, -0.1) is 0 Å². The van der Waals surface area contributed by atoms with E-state index in [0.29, 0.717) is 0 Å². The minimum atomic E-state index is -0.179. The largest absolute Gasteiger partial charge is 0.469 e. The summed E-state index contributed by atoms with van der Waals surface area (Å²) >= 11 is 0. The molecule has 2 N–H and O–H groups in total. The zero-order valence-corrected chi connectivity index (χ0v) is 10.8. The van der Waals surface area contributed by atoms with Crippen LogP contribution in [0, 0.1) is 0 Å². The molecule has 0 radical (unpaired) electrons. The van der Waals surface area contributed by atoms with Crippen molar-refractivity contribution in [2.45, 2.75) is 19.4 Å². The summed E-state index contributed by atoms with van der Waals surface area (Å²) in [5, 5.41) is 2.25. The molecule has 0 fully saturated rings. The number of nitrogens with two attached hydrogens (primary N) is 1. The molecule has 0 aliphatic carbocycles. The number of fused-ring (bicyclic) bond motifs is 1. The smallest absolute Gasteiger partial charge is 0.108 e. The molecular formula is C16H16N2O. The van der Waals surface area contributed by atoms with Crippen molar-refractivity contribution < 1.29 is 4.42 Å². The molecule has 3 aromatic rings. The second-order valence-corrected chi connectivity index (χ2v) is 4.57. The molecule has 0 aliphatic heterocycles. The van der Waals surface area contributed by atoms with Gasteiger partial charge in [0.15, 0.2) is 0 Å². The summed E-state index contributed by atoms with van der Waals surface area (Å²) in [6.45, 7) is 2.07. The maximum Gasteiger partial charge on any atom is 0.108 e. The Kier molecular flexibility index (Phi) is 3.05. The van der Waals surface area contributed by atoms with Crippen molar-refractivity contribution in [2.24, 2.45) is 5.73 Å². The summed E-state index contributed by atoms with van der Waals surface area (Å²) < 4.78 is 5.47. The van der Waals surface area contributed by atoms with E-state index in [4.69, 9.17) is 10.2 Å². The Morgan fingerprint density at radius 3 is 2.95 bits per heavy atom. The van der Waals surface area contributed by atoms with Gasteiger partial charge in [-0.2, -0.15) is 0 Å². The third-order valence-electron chi connectivity index (χ3n) is 3.49. The fourth-order valence-electron chi connectivity index (χ4n) is 2.49. The van der Waals surface area contributed by atoms with Gasteiger partial charge >= 0.3 is 0 Å². The molecule has 1 aromatic carbocycles. The number of hydrogen-bond acceptors (Lipinski definition) is 3. The van der Waals surface area contributed by atoms with Gasteiger partial charge in [-0.05, 0) is 23.1 Å². The highest BCUT2D eigenvalue weighted by molar-refractivity contribution is 5.85. The van der Waals surface area contributed by atoms with E-state index in [1.54, 1.807) is 12.5 Å². The molecule has 0 amide bonds. The Labute approximate surface area is 112 Å². The Balaban J connectivity index is 2.14. The summed E-state index contributed by atoms with van der Waals surface area (Å²) in [7, 11) is 0. The summed E-state index contributed by atoms with van der Waals surface area (Å²) in [5.74, 6) is 0.952. The van der Waals surface area contributed by atoms with Gasteiger partial charge in [0.25, 0.3) is 0 Å². The fraction of sp³-hybridized carbons (Fsp3) is 0.188. The van der Waals surface area contributed by atoms with Crippen LogP contribution in [0.4, 0.5) is 0 Å². The molecule has 0 spiro atoms. The topological polar surface area (TPSA) is 52.0 Å². The highest BCUT2D eigenvalue weighted by Crippen LogP contribution is 2.29. The molecule has 2 heterocycles. The number of pyridine rings is 1. The number of furan rings is 1. The van der Waals surface area contributed by atoms with Crippen molar-refractivity contribution >= 4 is 10.8 Å². The van der Waals surface area contributed by atoms with Crippen LogP contribution in [-0.2, 0) is 6.42 Å². The van der Waals surface area contributed by atoms with Crippen molar-refractivity contribution in [1.82, 2.24) is 4.98 Å². The highest BCUT2D eigenvalue weighted by Gasteiger charge is 2.16. The molecule has 1 unspecified atom stereocenters. The average molecular weight is 252 g/mol. The number of hydrogen-bond donors (Lipinski definition) is 1. The predicted octanol–water partition coefficient (Wildman–Crippen LogP) is 3.44. The highest BCUT2D eigenvalue weighted by atomic mass is 16.3. The van der Waals surface area contributed by atoms with Gasteiger partial charge < -0.3 is 10.2 Å². The average Bonchev–Trinajstić information content (AvgIpc) is 2.94. The minimum absolute atomic E-state index is 0.179. The van der Waals surface area contributed by atoms with E-state index in [-0.39, 0.29) is 6.04 Å². The zero-order chi connectivity index (χ0) is 13.2. The Morgan fingerprint density at radius 1 is 1.21 bits per heavy atom. The van der Waals surface area contributed by atoms with Crippen LogP contribution in [0.5, 0.6) is 0 Å². The van der Waals surface area contributed by atoms with Crippen LogP contribution < -0.4 is 5.73 Å². The molecule has 0 bridgehead atoms. The van der Waals surface area contributed by atoms with Crippen molar-refractivity contribution in [2.75, 3.05) is 0 Å². The first-order valence-electron chi connectivity index (χ1n) is 6.45. The Hall–Kier alpha value is -2.13. The molecule has 19 heavy (non-hydrogen) atoms. The number of rotatable bonds is 3. The van der Waals surface area contributed by atoms with E-state index in [9.17, 15) is 0 Å². The number of benzene rings is 1. The molecular weight excluding hydrogens is 236 g/mol. The zero-order valence-electron chi connectivity index (χ0n) is 10.8. The van der Waals surface area contributed by atoms with Crippen LogP contribution in [0.1, 0.15) is 29.9 Å². The van der Waals surface area contributed by atoms with Gasteiger partial charge in [-0.3, -0.25) is 4.98 Å². The summed E-state index contributed by atoms with van der Waals surface area (Å²) in [6.07, 6.45) is 6.22. The maximum absolute atomic E-state index is 6.42. The van der Waals surface area contributed by atoms with Crippen LogP contribution >= 0.6 is 0 Å². The number of aryl methyl sites for hydroxylation is 1. The third-order valence-corrected chi connectivity index (χ3v) is 3.49. The lowest BCUT2D eigenvalue weighted by Crippen LogP contribution is -2.13. The van der Waals surface area contributed by atoms with Crippen LogP contribution in [-0.4, -0.2) is 4.98 Å². The van der Waals surface area contributed by atoms with Crippen LogP contribution in [0.2, 0.25) is 0 Å². The van der Waals surface area contributed by atoms with Crippen molar-refractivity contribution in [3.8, 4) is 0 Å². The van der Waals surface area contributed by atoms with E-state index < -0.39 is 0 Å². The first-order valence-corrected chi connectivity index (χ1v) is 6.45. The lowest BCUT2D eigenvalue weighted by molar-refractivity contribution is 0.509. The lowest BCUT2D eigenvalue weighted by atomic mass is 9.95. The lowest BCUT2D eigenvalue weighted by Gasteiger charge is -2.14. The molecule has 2 aromatic heterocycles. The van der Waals surface area contributed by atoms with E-state index in [2.05, 4.69) is 24.0 Å². The first-order chi connectivity index (χ1) is 9.31. The molecule has 1 atom stereocenters. The number of aromatic nitrogens is 1. The van der Waals surface area contributed by atoms with Crippen molar-refractivity contribution in [3.05, 3.63) is 65.9 Å². The third kappa shape index (κ3) is 2.02. The van der Waals surface area contributed by atoms with Crippen molar-refractivity contribution in [1.29, 1.82) is 0 Å². The molecule has 0 saturated heterocycles. The van der Waals surface area contributed by atoms with Crippen molar-refractivity contribution in [3.63, 3.8) is 0 Å². The molecule has 96 valence electrons. The molecule has 3 nitrogen and oxygen atoms in total. The van der Waals surface area contributed by atoms with Gasteiger partial charge in [0, 0.05) is 29.8 Å². The molecule has 0 aliphatic rings. The van der Waals surface area contributed by atoms with Crippen LogP contribution in [0.3, 0.4) is 0 Å². The first kappa shape index (κ1) is 11.9. The van der Waals surface area contributed by atoms with Gasteiger partial charge in [0.1, 0.15) is 5.76 Å². The van der Waals surface area contributed by atoms with E-state index >= 15 is 0 Å². The normalized spacial score (nSPS) is 12.7. The maximum atomic E-state index is 6.42. The second-order valence-electron chi connectivity index (χ2n) is 4.57. The Morgan fingerprint density at radius 2 is 2.11 bits per heavy atom. The Bertz CT molecular complexity index is 697. The van der Waals surface area contributed by atoms with E-state index in [1.807, 2.05) is 24.4 Å². The van der Waals surface area contributed by atoms with Crippen LogP contribution in [0.25, 0.3) is 10.8 Å². The minimum Gasteiger partial charge on any atom is -0.469 e. The van der Waals surface area contributed by atoms with Crippen LogP contribution in [0.15, 0.2) is 53.4 Å². The predicted molar refractivity (Wildman–Crippen MR) is 75.9 cm³/mol. The standard InChI is InChI=1S/C16H16N2O/c1-2-15-13(7-9-19-15)16(17)12-5-3-4-11-6-8-18-10-14(11)12/h3-10,16H,2,17H2,1H3. The number of nitrogens with zero attached hydrogens (tertiary/aromatic N) is 1. The SMILES string of the molecule is CCc1occc1C(N)c1cccc2ccncc12. The van der Waals surface area contributed by atoms with E-state index in [1.165, 1.54) is 0 Å². The fourth-order valence-corrected chi connectivity index (χ4v) is 2.49. The molecule has 0 saturated carbocycles. The summed E-state index contributed by atoms with van der Waals surface area (Å²) in [4.78, 5) is 4.20.